The third kappa shape index (κ3) is 1.37. The van der Waals surface area contributed by atoms with Gasteiger partial charge in [-0.3, -0.25) is 9.59 Å². The SMILES string of the molecule is O=C(CCl)C1CCCC1=O. The highest BCUT2D eigenvalue weighted by Crippen LogP contribution is 2.22. The largest absolute Gasteiger partial charge is 0.299 e. The summed E-state index contributed by atoms with van der Waals surface area (Å²) in [7, 11) is 0. The Bertz CT molecular complexity index is 165. The van der Waals surface area contributed by atoms with E-state index in [-0.39, 0.29) is 23.4 Å². The minimum Gasteiger partial charge on any atom is -0.299 e. The molecule has 0 aromatic carbocycles. The first-order valence-corrected chi connectivity index (χ1v) is 3.90. The fourth-order valence-corrected chi connectivity index (χ4v) is 1.44. The molecule has 0 aromatic heterocycles. The topological polar surface area (TPSA) is 34.1 Å². The van der Waals surface area contributed by atoms with Crippen molar-refractivity contribution < 1.29 is 9.59 Å². The molecule has 1 aliphatic rings. The zero-order valence-electron chi connectivity index (χ0n) is 5.60. The van der Waals surface area contributed by atoms with Crippen LogP contribution in [0, 0.1) is 5.92 Å². The van der Waals surface area contributed by atoms with Crippen LogP contribution in [0.4, 0.5) is 0 Å². The normalized spacial score (nSPS) is 25.3. The molecule has 0 aliphatic heterocycles. The lowest BCUT2D eigenvalue weighted by atomic mass is 10.0. The number of hydrogen-bond acceptors (Lipinski definition) is 2. The smallest absolute Gasteiger partial charge is 0.158 e. The van der Waals surface area contributed by atoms with E-state index in [1.165, 1.54) is 0 Å². The first kappa shape index (κ1) is 7.73. The van der Waals surface area contributed by atoms with E-state index in [9.17, 15) is 9.59 Å². The van der Waals surface area contributed by atoms with Crippen molar-refractivity contribution in [3.63, 3.8) is 0 Å². The van der Waals surface area contributed by atoms with Crippen LogP contribution in [0.5, 0.6) is 0 Å². The predicted octanol–water partition coefficient (Wildman–Crippen LogP) is 1.16. The highest BCUT2D eigenvalue weighted by molar-refractivity contribution is 6.29. The Kier molecular flexibility index (Phi) is 2.44. The molecule has 0 spiro atoms. The molecule has 0 amide bonds. The van der Waals surface area contributed by atoms with Crippen molar-refractivity contribution in [2.75, 3.05) is 5.88 Å². The average molecular weight is 161 g/mol. The van der Waals surface area contributed by atoms with Crippen LogP contribution in [-0.2, 0) is 9.59 Å². The van der Waals surface area contributed by atoms with Gasteiger partial charge in [0.2, 0.25) is 0 Å². The molecule has 2 nitrogen and oxygen atoms in total. The zero-order chi connectivity index (χ0) is 7.56. The Balaban J connectivity index is 2.55. The van der Waals surface area contributed by atoms with Crippen molar-refractivity contribution in [2.24, 2.45) is 5.92 Å². The molecule has 0 N–H and O–H groups in total. The van der Waals surface area contributed by atoms with Crippen molar-refractivity contribution in [3.05, 3.63) is 0 Å². The average Bonchev–Trinajstić information content (AvgIpc) is 2.34. The van der Waals surface area contributed by atoms with Crippen molar-refractivity contribution in [1.29, 1.82) is 0 Å². The molecule has 0 radical (unpaired) electrons. The van der Waals surface area contributed by atoms with Gasteiger partial charge >= 0.3 is 0 Å². The minimum absolute atomic E-state index is 0.0175. The highest BCUT2D eigenvalue weighted by Gasteiger charge is 2.29. The molecular weight excluding hydrogens is 152 g/mol. The van der Waals surface area contributed by atoms with E-state index in [1.807, 2.05) is 0 Å². The fraction of sp³-hybridized carbons (Fsp3) is 0.714. The van der Waals surface area contributed by atoms with E-state index in [0.29, 0.717) is 12.8 Å². The number of ketones is 2. The van der Waals surface area contributed by atoms with E-state index in [4.69, 9.17) is 11.6 Å². The van der Waals surface area contributed by atoms with Gasteiger partial charge in [0, 0.05) is 6.42 Å². The second kappa shape index (κ2) is 3.15. The molecule has 56 valence electrons. The maximum absolute atomic E-state index is 10.9. The second-order valence-electron chi connectivity index (χ2n) is 2.51. The van der Waals surface area contributed by atoms with Crippen LogP contribution in [0.25, 0.3) is 0 Å². The summed E-state index contributed by atoms with van der Waals surface area (Å²) < 4.78 is 0. The molecule has 0 aromatic rings. The van der Waals surface area contributed by atoms with Crippen LogP contribution in [0.1, 0.15) is 19.3 Å². The van der Waals surface area contributed by atoms with E-state index >= 15 is 0 Å². The Morgan fingerprint density at radius 1 is 1.70 bits per heavy atom. The van der Waals surface area contributed by atoms with Gasteiger partial charge in [0.1, 0.15) is 5.78 Å². The molecule has 1 rings (SSSR count). The molecule has 1 saturated carbocycles. The van der Waals surface area contributed by atoms with Crippen LogP contribution >= 0.6 is 11.6 Å². The molecule has 0 bridgehead atoms. The van der Waals surface area contributed by atoms with E-state index in [0.717, 1.165) is 6.42 Å². The summed E-state index contributed by atoms with van der Waals surface area (Å²) in [4.78, 5) is 21.8. The third-order valence-corrected chi connectivity index (χ3v) is 2.09. The molecule has 0 heterocycles. The van der Waals surface area contributed by atoms with Gasteiger partial charge in [-0.1, -0.05) is 0 Å². The number of halogens is 1. The predicted molar refractivity (Wildman–Crippen MR) is 38.1 cm³/mol. The number of alkyl halides is 1. The molecule has 1 fully saturated rings. The van der Waals surface area contributed by atoms with Gasteiger partial charge in [-0.25, -0.2) is 0 Å². The Hall–Kier alpha value is -0.370. The van der Waals surface area contributed by atoms with E-state index in [1.54, 1.807) is 0 Å². The van der Waals surface area contributed by atoms with Gasteiger partial charge in [0.05, 0.1) is 11.8 Å². The van der Waals surface area contributed by atoms with Crippen LogP contribution in [0.3, 0.4) is 0 Å². The standard InChI is InChI=1S/C7H9ClO2/c8-4-7(10)5-2-1-3-6(5)9/h5H,1-4H2. The first-order valence-electron chi connectivity index (χ1n) is 3.37. The Morgan fingerprint density at radius 3 is 2.80 bits per heavy atom. The summed E-state index contributed by atoms with van der Waals surface area (Å²) in [6, 6.07) is 0. The summed E-state index contributed by atoms with van der Waals surface area (Å²) in [6.07, 6.45) is 2.13. The van der Waals surface area contributed by atoms with Gasteiger partial charge in [0.25, 0.3) is 0 Å². The molecule has 1 unspecified atom stereocenters. The van der Waals surface area contributed by atoms with Gasteiger partial charge < -0.3 is 0 Å². The minimum atomic E-state index is -0.363. The van der Waals surface area contributed by atoms with Crippen LogP contribution in [0.2, 0.25) is 0 Å². The van der Waals surface area contributed by atoms with Gasteiger partial charge in [0.15, 0.2) is 5.78 Å². The third-order valence-electron chi connectivity index (χ3n) is 1.82. The Labute approximate surface area is 64.5 Å². The molecule has 1 aliphatic carbocycles. The van der Waals surface area contributed by atoms with Crippen LogP contribution in [0.15, 0.2) is 0 Å². The lowest BCUT2D eigenvalue weighted by molar-refractivity contribution is -0.129. The number of carbonyl (C=O) groups is 2. The fourth-order valence-electron chi connectivity index (χ4n) is 1.25. The van der Waals surface area contributed by atoms with Crippen LogP contribution < -0.4 is 0 Å². The monoisotopic (exact) mass is 160 g/mol. The Morgan fingerprint density at radius 2 is 2.40 bits per heavy atom. The van der Waals surface area contributed by atoms with E-state index in [2.05, 4.69) is 0 Å². The second-order valence-corrected chi connectivity index (χ2v) is 2.78. The number of Topliss-reactive ketones (excluding diaryl/α,β-unsaturated/α-hetero) is 2. The molecular formula is C7H9ClO2. The summed E-state index contributed by atoms with van der Waals surface area (Å²) in [5, 5.41) is 0. The van der Waals surface area contributed by atoms with Gasteiger partial charge in [-0.15, -0.1) is 11.6 Å². The first-order chi connectivity index (χ1) is 4.75. The van der Waals surface area contributed by atoms with Gasteiger partial charge in [-0.2, -0.15) is 0 Å². The number of rotatable bonds is 2. The zero-order valence-corrected chi connectivity index (χ0v) is 6.36. The lowest BCUT2D eigenvalue weighted by Crippen LogP contribution is -2.19. The summed E-state index contributed by atoms with van der Waals surface area (Å²) in [6.45, 7) is 0. The molecule has 3 heteroatoms. The van der Waals surface area contributed by atoms with E-state index < -0.39 is 0 Å². The summed E-state index contributed by atoms with van der Waals surface area (Å²) in [5.74, 6) is -0.413. The van der Waals surface area contributed by atoms with Crippen LogP contribution in [-0.4, -0.2) is 17.4 Å². The molecule has 10 heavy (non-hydrogen) atoms. The van der Waals surface area contributed by atoms with Crippen molar-refractivity contribution >= 4 is 23.2 Å². The number of hydrogen-bond donors (Lipinski definition) is 0. The summed E-state index contributed by atoms with van der Waals surface area (Å²) >= 11 is 5.30. The van der Waals surface area contributed by atoms with Crippen molar-refractivity contribution in [2.45, 2.75) is 19.3 Å². The maximum Gasteiger partial charge on any atom is 0.158 e. The lowest BCUT2D eigenvalue weighted by Gasteiger charge is -2.00. The molecule has 0 saturated heterocycles. The number of carbonyl (C=O) groups excluding carboxylic acids is 2. The molecule has 1 atom stereocenters. The van der Waals surface area contributed by atoms with Crippen molar-refractivity contribution in [3.8, 4) is 0 Å². The van der Waals surface area contributed by atoms with Gasteiger partial charge in [-0.05, 0) is 12.8 Å². The summed E-state index contributed by atoms with van der Waals surface area (Å²) in [5.41, 5.74) is 0. The quantitative estimate of drug-likeness (QED) is 0.449. The highest BCUT2D eigenvalue weighted by atomic mass is 35.5. The maximum atomic E-state index is 10.9. The van der Waals surface area contributed by atoms with Crippen molar-refractivity contribution in [1.82, 2.24) is 0 Å².